The molecule has 0 N–H and O–H groups in total. The van der Waals surface area contributed by atoms with Crippen LogP contribution < -0.4 is 4.74 Å². The topological polar surface area (TPSA) is 12.5 Å². The Balaban J connectivity index is 1.94. The fourth-order valence-corrected chi connectivity index (χ4v) is 3.78. The van der Waals surface area contributed by atoms with Crippen LogP contribution in [0.4, 0.5) is 0 Å². The third-order valence-corrected chi connectivity index (χ3v) is 5.67. The van der Waals surface area contributed by atoms with Gasteiger partial charge in [0.1, 0.15) is 12.4 Å². The van der Waals surface area contributed by atoms with Crippen LogP contribution in [0.3, 0.4) is 0 Å². The van der Waals surface area contributed by atoms with Crippen LogP contribution in [-0.4, -0.2) is 32.1 Å². The molecule has 3 aromatic rings. The van der Waals surface area contributed by atoms with E-state index in [1.54, 1.807) is 0 Å². The smallest absolute Gasteiger partial charge is 0.119 e. The van der Waals surface area contributed by atoms with Crippen molar-refractivity contribution in [3.8, 4) is 5.75 Å². The molecule has 0 aliphatic rings. The Kier molecular flexibility index (Phi) is 8.30. The molecule has 0 aliphatic heterocycles. The predicted molar refractivity (Wildman–Crippen MR) is 132 cm³/mol. The second-order valence-electron chi connectivity index (χ2n) is 7.66. The lowest BCUT2D eigenvalue weighted by Gasteiger charge is -2.17. The van der Waals surface area contributed by atoms with Crippen LogP contribution in [0.15, 0.2) is 83.3 Å². The monoisotopic (exact) mass is 463 g/mol. The minimum Gasteiger partial charge on any atom is -0.492 e. The summed E-state index contributed by atoms with van der Waals surface area (Å²) in [5.74, 6) is 0.918. The maximum absolute atomic E-state index is 5.89. The number of hydrogen-bond acceptors (Lipinski definition) is 2. The fraction of sp³-hybridized carbons (Fsp3) is 0.259. The highest BCUT2D eigenvalue weighted by molar-refractivity contribution is 9.10. The summed E-state index contributed by atoms with van der Waals surface area (Å²) < 4.78 is 7.00. The van der Waals surface area contributed by atoms with Gasteiger partial charge in [-0.2, -0.15) is 0 Å². The van der Waals surface area contributed by atoms with Crippen molar-refractivity contribution in [1.29, 1.82) is 0 Å². The minimum atomic E-state index is 0.693. The average molecular weight is 464 g/mol. The number of nitrogens with zero attached hydrogens (tertiary/aromatic N) is 1. The van der Waals surface area contributed by atoms with Gasteiger partial charge in [0.15, 0.2) is 0 Å². The second kappa shape index (κ2) is 11.1. The number of likely N-dealkylation sites (N-methyl/N-ethyl adjacent to an activating group) is 1. The summed E-state index contributed by atoms with van der Waals surface area (Å²) in [6.07, 6.45) is 1.88. The Morgan fingerprint density at radius 2 is 1.43 bits per heavy atom. The van der Waals surface area contributed by atoms with Crippen molar-refractivity contribution >= 4 is 27.1 Å². The Morgan fingerprint density at radius 3 is 2.03 bits per heavy atom. The van der Waals surface area contributed by atoms with E-state index in [9.17, 15) is 0 Å². The summed E-state index contributed by atoms with van der Waals surface area (Å²) in [6, 6.07) is 27.9. The summed E-state index contributed by atoms with van der Waals surface area (Å²) >= 11 is 3.54. The Morgan fingerprint density at radius 1 is 0.800 bits per heavy atom. The Hall–Kier alpha value is -2.36. The van der Waals surface area contributed by atoms with Gasteiger partial charge >= 0.3 is 0 Å². The van der Waals surface area contributed by atoms with Gasteiger partial charge in [0.2, 0.25) is 0 Å². The van der Waals surface area contributed by atoms with E-state index in [-0.39, 0.29) is 0 Å². The molecule has 0 heterocycles. The summed E-state index contributed by atoms with van der Waals surface area (Å²) in [6.45, 7) is 3.84. The van der Waals surface area contributed by atoms with E-state index in [1.807, 2.05) is 0 Å². The molecule has 3 heteroatoms. The first-order valence-corrected chi connectivity index (χ1v) is 11.3. The van der Waals surface area contributed by atoms with Crippen LogP contribution in [0.1, 0.15) is 30.0 Å². The molecule has 3 aromatic carbocycles. The number of hydrogen-bond donors (Lipinski definition) is 0. The molecular weight excluding hydrogens is 434 g/mol. The van der Waals surface area contributed by atoms with Crippen LogP contribution in [0, 0.1) is 0 Å². The molecular formula is C27H30BrNO. The second-order valence-corrected chi connectivity index (χ2v) is 8.57. The quantitative estimate of drug-likeness (QED) is 0.318. The molecule has 0 aromatic heterocycles. The zero-order valence-electron chi connectivity index (χ0n) is 18.1. The molecule has 0 saturated carbocycles. The third kappa shape index (κ3) is 6.32. The van der Waals surface area contributed by atoms with Crippen molar-refractivity contribution in [1.82, 2.24) is 4.90 Å². The lowest BCUT2D eigenvalue weighted by molar-refractivity contribution is 0.261. The first-order valence-electron chi connectivity index (χ1n) is 10.5. The van der Waals surface area contributed by atoms with Gasteiger partial charge in [-0.1, -0.05) is 77.5 Å². The van der Waals surface area contributed by atoms with Gasteiger partial charge in [0.25, 0.3) is 0 Å². The van der Waals surface area contributed by atoms with E-state index < -0.39 is 0 Å². The maximum Gasteiger partial charge on any atom is 0.119 e. The molecule has 30 heavy (non-hydrogen) atoms. The van der Waals surface area contributed by atoms with Gasteiger partial charge < -0.3 is 9.64 Å². The van der Waals surface area contributed by atoms with Gasteiger partial charge in [-0.15, -0.1) is 0 Å². The molecule has 0 bridgehead atoms. The van der Waals surface area contributed by atoms with E-state index in [0.29, 0.717) is 6.61 Å². The molecule has 0 unspecified atom stereocenters. The SMILES string of the molecule is CCC(=C(Cc1ccc(Br)cc1)c1ccc(OCCN(C)C)cc1)c1ccccc1. The van der Waals surface area contributed by atoms with Crippen molar-refractivity contribution in [2.45, 2.75) is 19.8 Å². The Labute approximate surface area is 189 Å². The molecule has 0 amide bonds. The highest BCUT2D eigenvalue weighted by Gasteiger charge is 2.12. The number of allylic oxidation sites excluding steroid dienone is 2. The Bertz CT molecular complexity index is 944. The number of halogens is 1. The van der Waals surface area contributed by atoms with E-state index in [1.165, 1.54) is 27.8 Å². The van der Waals surface area contributed by atoms with Crippen molar-refractivity contribution in [2.24, 2.45) is 0 Å². The van der Waals surface area contributed by atoms with Gasteiger partial charge in [0.05, 0.1) is 0 Å². The van der Waals surface area contributed by atoms with Crippen molar-refractivity contribution in [3.05, 3.63) is 100 Å². The molecule has 0 aliphatic carbocycles. The van der Waals surface area contributed by atoms with E-state index >= 15 is 0 Å². The molecule has 0 spiro atoms. The fourth-order valence-electron chi connectivity index (χ4n) is 3.52. The van der Waals surface area contributed by atoms with Crippen LogP contribution in [0.2, 0.25) is 0 Å². The molecule has 0 atom stereocenters. The van der Waals surface area contributed by atoms with Gasteiger partial charge in [-0.3, -0.25) is 0 Å². The maximum atomic E-state index is 5.89. The summed E-state index contributed by atoms with van der Waals surface area (Å²) in [5, 5.41) is 0. The highest BCUT2D eigenvalue weighted by atomic mass is 79.9. The predicted octanol–water partition coefficient (Wildman–Crippen LogP) is 6.95. The molecule has 2 nitrogen and oxygen atoms in total. The summed E-state index contributed by atoms with van der Waals surface area (Å²) in [5.41, 5.74) is 6.60. The third-order valence-electron chi connectivity index (χ3n) is 5.14. The number of benzene rings is 3. The summed E-state index contributed by atoms with van der Waals surface area (Å²) in [7, 11) is 4.11. The van der Waals surface area contributed by atoms with E-state index in [0.717, 1.165) is 29.6 Å². The normalized spacial score (nSPS) is 12.0. The zero-order valence-corrected chi connectivity index (χ0v) is 19.7. The standard InChI is InChI=1S/C27H30BrNO/c1-4-26(22-8-6-5-7-9-22)27(20-21-10-14-24(28)15-11-21)23-12-16-25(17-13-23)30-19-18-29(2)3/h5-17H,4,18-20H2,1-3H3. The molecule has 0 fully saturated rings. The first kappa shape index (κ1) is 22.3. The van der Waals surface area contributed by atoms with Crippen LogP contribution >= 0.6 is 15.9 Å². The van der Waals surface area contributed by atoms with E-state index in [4.69, 9.17) is 4.74 Å². The highest BCUT2D eigenvalue weighted by Crippen LogP contribution is 2.33. The molecule has 156 valence electrons. The van der Waals surface area contributed by atoms with Crippen LogP contribution in [0.25, 0.3) is 11.1 Å². The minimum absolute atomic E-state index is 0.693. The van der Waals surface area contributed by atoms with Gasteiger partial charge in [-0.25, -0.2) is 0 Å². The zero-order chi connectivity index (χ0) is 21.3. The number of rotatable bonds is 9. The van der Waals surface area contributed by atoms with Crippen molar-refractivity contribution in [2.75, 3.05) is 27.2 Å². The molecule has 0 saturated heterocycles. The summed E-state index contributed by atoms with van der Waals surface area (Å²) in [4.78, 5) is 2.13. The molecule has 3 rings (SSSR count). The van der Waals surface area contributed by atoms with Crippen molar-refractivity contribution in [3.63, 3.8) is 0 Å². The van der Waals surface area contributed by atoms with Gasteiger partial charge in [0, 0.05) is 11.0 Å². The van der Waals surface area contributed by atoms with Crippen LogP contribution in [0.5, 0.6) is 5.75 Å². The average Bonchev–Trinajstić information content (AvgIpc) is 2.76. The largest absolute Gasteiger partial charge is 0.492 e. The first-order chi connectivity index (χ1) is 14.6. The van der Waals surface area contributed by atoms with Gasteiger partial charge in [-0.05, 0) is 79.0 Å². The lowest BCUT2D eigenvalue weighted by atomic mass is 9.89. The van der Waals surface area contributed by atoms with E-state index in [2.05, 4.69) is 121 Å². The lowest BCUT2D eigenvalue weighted by Crippen LogP contribution is -2.19. The van der Waals surface area contributed by atoms with Crippen molar-refractivity contribution < 1.29 is 4.74 Å². The molecule has 0 radical (unpaired) electrons. The van der Waals surface area contributed by atoms with Crippen LogP contribution in [-0.2, 0) is 6.42 Å². The number of ether oxygens (including phenoxy) is 1.